The standard InChI is InChI=1S/C13H10BrNO3S/c1-6-4-8-12(13(17)15-6)7(5-11(16)18-8)9-2-3-10(14)19-9/h2-4,7H,5H2,1H3,(H,15,17)/t7-/m0/s1. The summed E-state index contributed by atoms with van der Waals surface area (Å²) in [6.45, 7) is 1.76. The molecule has 0 fully saturated rings. The van der Waals surface area contributed by atoms with Crippen molar-refractivity contribution in [3.8, 4) is 5.75 Å². The van der Waals surface area contributed by atoms with Crippen molar-refractivity contribution in [2.24, 2.45) is 0 Å². The van der Waals surface area contributed by atoms with E-state index in [4.69, 9.17) is 4.74 Å². The van der Waals surface area contributed by atoms with Crippen molar-refractivity contribution in [2.75, 3.05) is 0 Å². The maximum Gasteiger partial charge on any atom is 0.312 e. The summed E-state index contributed by atoms with van der Waals surface area (Å²) in [5.74, 6) is -0.143. The Kier molecular flexibility index (Phi) is 3.06. The van der Waals surface area contributed by atoms with Gasteiger partial charge in [-0.05, 0) is 35.0 Å². The first-order valence-corrected chi connectivity index (χ1v) is 7.35. The second-order valence-corrected chi connectivity index (χ2v) is 6.93. The average Bonchev–Trinajstić information content (AvgIpc) is 2.73. The van der Waals surface area contributed by atoms with Gasteiger partial charge in [-0.3, -0.25) is 9.59 Å². The van der Waals surface area contributed by atoms with Gasteiger partial charge in [0, 0.05) is 22.6 Å². The third-order valence-corrected chi connectivity index (χ3v) is 4.79. The summed E-state index contributed by atoms with van der Waals surface area (Å²) in [5.41, 5.74) is 1.04. The SMILES string of the molecule is Cc1cc2c(c(=O)[nH]1)[C@H](c1ccc(Br)s1)CC(=O)O2. The topological polar surface area (TPSA) is 59.2 Å². The molecule has 0 spiro atoms. The highest BCUT2D eigenvalue weighted by Crippen LogP contribution is 2.40. The maximum atomic E-state index is 12.1. The number of hydrogen-bond acceptors (Lipinski definition) is 4. The van der Waals surface area contributed by atoms with E-state index in [1.165, 1.54) is 11.3 Å². The summed E-state index contributed by atoms with van der Waals surface area (Å²) in [4.78, 5) is 27.6. The van der Waals surface area contributed by atoms with Crippen molar-refractivity contribution in [1.29, 1.82) is 0 Å². The number of ether oxygens (including phenoxy) is 1. The number of halogens is 1. The molecule has 3 heterocycles. The molecule has 3 rings (SSSR count). The Balaban J connectivity index is 2.19. The number of carbonyl (C=O) groups excluding carboxylic acids is 1. The van der Waals surface area contributed by atoms with Crippen LogP contribution in [-0.2, 0) is 4.79 Å². The number of aromatic amines is 1. The predicted octanol–water partition coefficient (Wildman–Crippen LogP) is 2.95. The van der Waals surface area contributed by atoms with Gasteiger partial charge in [0.1, 0.15) is 5.75 Å². The third kappa shape index (κ3) is 2.26. The van der Waals surface area contributed by atoms with Gasteiger partial charge in [-0.1, -0.05) is 0 Å². The lowest BCUT2D eigenvalue weighted by Gasteiger charge is -2.22. The Morgan fingerprint density at radius 3 is 2.89 bits per heavy atom. The molecule has 1 aliphatic rings. The van der Waals surface area contributed by atoms with Crippen LogP contribution in [0.15, 0.2) is 26.8 Å². The third-order valence-electron chi connectivity index (χ3n) is 3.05. The zero-order valence-electron chi connectivity index (χ0n) is 10.0. The minimum atomic E-state index is -0.299. The average molecular weight is 340 g/mol. The summed E-state index contributed by atoms with van der Waals surface area (Å²) in [5, 5.41) is 0. The van der Waals surface area contributed by atoms with E-state index < -0.39 is 0 Å². The number of hydrogen-bond donors (Lipinski definition) is 1. The monoisotopic (exact) mass is 339 g/mol. The van der Waals surface area contributed by atoms with E-state index in [-0.39, 0.29) is 23.9 Å². The fraction of sp³-hybridized carbons (Fsp3) is 0.231. The number of nitrogens with one attached hydrogen (secondary N) is 1. The molecule has 1 N–H and O–H groups in total. The van der Waals surface area contributed by atoms with Gasteiger partial charge in [0.2, 0.25) is 0 Å². The second-order valence-electron chi connectivity index (χ2n) is 4.43. The highest BCUT2D eigenvalue weighted by molar-refractivity contribution is 9.11. The molecular weight excluding hydrogens is 330 g/mol. The van der Waals surface area contributed by atoms with Crippen LogP contribution >= 0.6 is 27.3 Å². The number of aryl methyl sites for hydroxylation is 1. The molecule has 6 heteroatoms. The number of esters is 1. The van der Waals surface area contributed by atoms with Crippen LogP contribution in [-0.4, -0.2) is 11.0 Å². The Labute approximate surface area is 121 Å². The molecule has 0 radical (unpaired) electrons. The van der Waals surface area contributed by atoms with E-state index in [0.717, 1.165) is 8.66 Å². The predicted molar refractivity (Wildman–Crippen MR) is 75.9 cm³/mol. The van der Waals surface area contributed by atoms with Crippen LogP contribution in [0.25, 0.3) is 0 Å². The molecule has 98 valence electrons. The number of aromatic nitrogens is 1. The molecule has 0 unspecified atom stereocenters. The number of fused-ring (bicyclic) bond motifs is 1. The zero-order chi connectivity index (χ0) is 13.6. The van der Waals surface area contributed by atoms with Crippen molar-refractivity contribution < 1.29 is 9.53 Å². The summed E-state index contributed by atoms with van der Waals surface area (Å²) in [7, 11) is 0. The molecular formula is C13H10BrNO3S. The lowest BCUT2D eigenvalue weighted by atomic mass is 9.92. The maximum absolute atomic E-state index is 12.1. The molecule has 0 aliphatic carbocycles. The zero-order valence-corrected chi connectivity index (χ0v) is 12.4. The first-order valence-electron chi connectivity index (χ1n) is 5.74. The van der Waals surface area contributed by atoms with Gasteiger partial charge in [-0.15, -0.1) is 11.3 Å². The molecule has 1 aliphatic heterocycles. The molecule has 0 amide bonds. The molecule has 0 bridgehead atoms. The number of H-pyrrole nitrogens is 1. The lowest BCUT2D eigenvalue weighted by molar-refractivity contribution is -0.135. The molecule has 19 heavy (non-hydrogen) atoms. The van der Waals surface area contributed by atoms with E-state index in [9.17, 15) is 9.59 Å². The van der Waals surface area contributed by atoms with Gasteiger partial charge < -0.3 is 9.72 Å². The van der Waals surface area contributed by atoms with Gasteiger partial charge in [0.05, 0.1) is 15.8 Å². The molecule has 0 saturated heterocycles. The number of pyridine rings is 1. The van der Waals surface area contributed by atoms with Gasteiger partial charge in [0.15, 0.2) is 0 Å². The second kappa shape index (κ2) is 4.61. The highest BCUT2D eigenvalue weighted by Gasteiger charge is 2.32. The van der Waals surface area contributed by atoms with Gasteiger partial charge in [-0.25, -0.2) is 0 Å². The van der Waals surface area contributed by atoms with Crippen LogP contribution in [0.3, 0.4) is 0 Å². The van der Waals surface area contributed by atoms with E-state index >= 15 is 0 Å². The molecule has 0 aromatic carbocycles. The Morgan fingerprint density at radius 2 is 2.21 bits per heavy atom. The number of rotatable bonds is 1. The van der Waals surface area contributed by atoms with Crippen molar-refractivity contribution in [2.45, 2.75) is 19.3 Å². The van der Waals surface area contributed by atoms with Crippen LogP contribution in [0, 0.1) is 6.92 Å². The van der Waals surface area contributed by atoms with Crippen LogP contribution in [0.4, 0.5) is 0 Å². The quantitative estimate of drug-likeness (QED) is 0.812. The van der Waals surface area contributed by atoms with Gasteiger partial charge in [-0.2, -0.15) is 0 Å². The number of thiophene rings is 1. The van der Waals surface area contributed by atoms with E-state index in [0.29, 0.717) is 17.0 Å². The highest BCUT2D eigenvalue weighted by atomic mass is 79.9. The van der Waals surface area contributed by atoms with Crippen molar-refractivity contribution in [3.05, 3.63) is 48.5 Å². The number of carbonyl (C=O) groups is 1. The van der Waals surface area contributed by atoms with Crippen LogP contribution < -0.4 is 10.3 Å². The molecule has 2 aromatic heterocycles. The Bertz CT molecular complexity index is 719. The van der Waals surface area contributed by atoms with E-state index in [1.807, 2.05) is 12.1 Å². The van der Waals surface area contributed by atoms with E-state index in [2.05, 4.69) is 20.9 Å². The summed E-state index contributed by atoms with van der Waals surface area (Å²) in [6, 6.07) is 5.55. The smallest absolute Gasteiger partial charge is 0.312 e. The first-order chi connectivity index (χ1) is 9.04. The Hall–Kier alpha value is -1.40. The van der Waals surface area contributed by atoms with Gasteiger partial charge in [0.25, 0.3) is 5.56 Å². The first kappa shape index (κ1) is 12.6. The summed E-state index contributed by atoms with van der Waals surface area (Å²) >= 11 is 4.93. The molecule has 0 saturated carbocycles. The fourth-order valence-corrected chi connectivity index (χ4v) is 3.81. The van der Waals surface area contributed by atoms with Crippen molar-refractivity contribution in [1.82, 2.24) is 4.98 Å². The van der Waals surface area contributed by atoms with Crippen molar-refractivity contribution in [3.63, 3.8) is 0 Å². The van der Waals surface area contributed by atoms with Crippen LogP contribution in [0.2, 0.25) is 0 Å². The summed E-state index contributed by atoms with van der Waals surface area (Å²) < 4.78 is 6.16. The van der Waals surface area contributed by atoms with Gasteiger partial charge >= 0.3 is 5.97 Å². The molecule has 1 atom stereocenters. The molecule has 2 aromatic rings. The molecule has 4 nitrogen and oxygen atoms in total. The lowest BCUT2D eigenvalue weighted by Crippen LogP contribution is -2.28. The van der Waals surface area contributed by atoms with Crippen LogP contribution in [0.1, 0.15) is 28.5 Å². The summed E-state index contributed by atoms with van der Waals surface area (Å²) in [6.07, 6.45) is 0.200. The fourth-order valence-electron chi connectivity index (χ4n) is 2.27. The van der Waals surface area contributed by atoms with Crippen molar-refractivity contribution >= 4 is 33.2 Å². The normalized spacial score (nSPS) is 18.0. The Morgan fingerprint density at radius 1 is 1.42 bits per heavy atom. The minimum absolute atomic E-state index is 0.183. The minimum Gasteiger partial charge on any atom is -0.426 e. The van der Waals surface area contributed by atoms with E-state index in [1.54, 1.807) is 13.0 Å². The largest absolute Gasteiger partial charge is 0.426 e. The van der Waals surface area contributed by atoms with Crippen LogP contribution in [0.5, 0.6) is 5.75 Å².